The first-order valence-corrected chi connectivity index (χ1v) is 8.41. The third-order valence-electron chi connectivity index (χ3n) is 4.62. The van der Waals surface area contributed by atoms with Crippen molar-refractivity contribution in [2.75, 3.05) is 27.3 Å². The van der Waals surface area contributed by atoms with Gasteiger partial charge >= 0.3 is 5.97 Å². The van der Waals surface area contributed by atoms with Crippen molar-refractivity contribution in [3.05, 3.63) is 59.7 Å². The molecule has 1 heterocycles. The van der Waals surface area contributed by atoms with Crippen LogP contribution in [0.4, 0.5) is 0 Å². The number of rotatable bonds is 5. The second-order valence-electron chi connectivity index (χ2n) is 6.04. The highest BCUT2D eigenvalue weighted by Gasteiger charge is 2.38. The van der Waals surface area contributed by atoms with Crippen LogP contribution in [0.25, 0.3) is 0 Å². The molecule has 0 amide bonds. The van der Waals surface area contributed by atoms with E-state index in [4.69, 9.17) is 14.2 Å². The summed E-state index contributed by atoms with van der Waals surface area (Å²) in [7, 11) is 3.07. The first kappa shape index (κ1) is 17.3. The first-order valence-electron chi connectivity index (χ1n) is 8.41. The van der Waals surface area contributed by atoms with Crippen LogP contribution in [0.1, 0.15) is 28.8 Å². The number of carbonyl (C=O) groups excluding carboxylic acids is 1. The fourth-order valence-corrected chi connectivity index (χ4v) is 3.30. The minimum atomic E-state index is -0.627. The first-order chi connectivity index (χ1) is 12.2. The smallest absolute Gasteiger partial charge is 0.342 e. The van der Waals surface area contributed by atoms with Gasteiger partial charge in [-0.15, -0.1) is 0 Å². The molecule has 1 saturated heterocycles. The summed E-state index contributed by atoms with van der Waals surface area (Å²) < 4.78 is 16.7. The Bertz CT molecular complexity index is 724. The Hall–Kier alpha value is -2.53. The number of ether oxygens (including phenoxy) is 3. The molecule has 0 aromatic heterocycles. The second-order valence-corrected chi connectivity index (χ2v) is 6.04. The van der Waals surface area contributed by atoms with Crippen LogP contribution in [0.5, 0.6) is 11.5 Å². The molecule has 1 aliphatic heterocycles. The van der Waals surface area contributed by atoms with Gasteiger partial charge in [0.25, 0.3) is 0 Å². The molecule has 132 valence electrons. The summed E-state index contributed by atoms with van der Waals surface area (Å²) in [4.78, 5) is 13.0. The molecular weight excluding hydrogens is 318 g/mol. The lowest BCUT2D eigenvalue weighted by Gasteiger charge is -2.37. The van der Waals surface area contributed by atoms with Crippen LogP contribution in [0.3, 0.4) is 0 Å². The quantitative estimate of drug-likeness (QED) is 0.847. The molecule has 1 fully saturated rings. The summed E-state index contributed by atoms with van der Waals surface area (Å²) in [5.41, 5.74) is 0.764. The standard InChI is InChI=1S/C20H23NO4/c1-23-17-10-6-9-16(18(17)24-2)19(22)25-20(11-13-21-14-12-20)15-7-4-3-5-8-15/h3-10,21H,11-14H2,1-2H3. The van der Waals surface area contributed by atoms with Crippen molar-refractivity contribution < 1.29 is 19.0 Å². The van der Waals surface area contributed by atoms with Crippen molar-refractivity contribution in [2.45, 2.75) is 18.4 Å². The highest BCUT2D eigenvalue weighted by Crippen LogP contribution is 2.38. The second kappa shape index (κ2) is 7.57. The van der Waals surface area contributed by atoms with Gasteiger partial charge in [0.15, 0.2) is 11.5 Å². The zero-order chi connectivity index (χ0) is 17.7. The summed E-state index contributed by atoms with van der Waals surface area (Å²) in [5.74, 6) is 0.504. The molecule has 1 aliphatic rings. The fourth-order valence-electron chi connectivity index (χ4n) is 3.30. The lowest BCUT2D eigenvalue weighted by molar-refractivity contribution is -0.0380. The van der Waals surface area contributed by atoms with Crippen molar-refractivity contribution in [1.82, 2.24) is 5.32 Å². The largest absolute Gasteiger partial charge is 0.493 e. The van der Waals surface area contributed by atoms with E-state index in [1.165, 1.54) is 7.11 Å². The third kappa shape index (κ3) is 3.46. The maximum absolute atomic E-state index is 13.0. The van der Waals surface area contributed by atoms with Crippen LogP contribution in [-0.4, -0.2) is 33.3 Å². The highest BCUT2D eigenvalue weighted by atomic mass is 16.6. The van der Waals surface area contributed by atoms with E-state index in [-0.39, 0.29) is 0 Å². The fraction of sp³-hybridized carbons (Fsp3) is 0.350. The number of piperidine rings is 1. The number of hydrogen-bond donors (Lipinski definition) is 1. The van der Waals surface area contributed by atoms with Crippen LogP contribution >= 0.6 is 0 Å². The molecule has 0 atom stereocenters. The zero-order valence-electron chi connectivity index (χ0n) is 14.6. The predicted octanol–water partition coefficient (Wildman–Crippen LogP) is 3.14. The zero-order valence-corrected chi connectivity index (χ0v) is 14.6. The molecular formula is C20H23NO4. The average Bonchev–Trinajstić information content (AvgIpc) is 2.68. The van der Waals surface area contributed by atoms with E-state index in [1.807, 2.05) is 30.3 Å². The molecule has 0 unspecified atom stereocenters. The van der Waals surface area contributed by atoms with Crippen molar-refractivity contribution in [1.29, 1.82) is 0 Å². The molecule has 0 spiro atoms. The highest BCUT2D eigenvalue weighted by molar-refractivity contribution is 5.94. The summed E-state index contributed by atoms with van der Waals surface area (Å²) >= 11 is 0. The van der Waals surface area contributed by atoms with Gasteiger partial charge < -0.3 is 19.5 Å². The van der Waals surface area contributed by atoms with Crippen LogP contribution in [0.15, 0.2) is 48.5 Å². The van der Waals surface area contributed by atoms with Crippen LogP contribution in [-0.2, 0) is 10.3 Å². The molecule has 0 radical (unpaired) electrons. The summed E-state index contributed by atoms with van der Waals surface area (Å²) in [6, 6.07) is 15.2. The van der Waals surface area contributed by atoms with Crippen LogP contribution in [0, 0.1) is 0 Å². The van der Waals surface area contributed by atoms with Crippen LogP contribution < -0.4 is 14.8 Å². The molecule has 2 aromatic carbocycles. The maximum Gasteiger partial charge on any atom is 0.342 e. The van der Waals surface area contributed by atoms with E-state index < -0.39 is 11.6 Å². The summed E-state index contributed by atoms with van der Waals surface area (Å²) in [6.45, 7) is 1.61. The van der Waals surface area contributed by atoms with Crippen LogP contribution in [0.2, 0.25) is 0 Å². The Morgan fingerprint density at radius 2 is 1.68 bits per heavy atom. The van der Waals surface area contributed by atoms with Crippen molar-refractivity contribution in [3.63, 3.8) is 0 Å². The number of methoxy groups -OCH3 is 2. The molecule has 0 bridgehead atoms. The van der Waals surface area contributed by atoms with Gasteiger partial charge in [0, 0.05) is 12.8 Å². The number of esters is 1. The Kier molecular flexibility index (Phi) is 5.24. The summed E-state index contributed by atoms with van der Waals surface area (Å²) in [5, 5.41) is 3.33. The Morgan fingerprint density at radius 1 is 0.960 bits per heavy atom. The minimum absolute atomic E-state index is 0.371. The Labute approximate surface area is 147 Å². The molecule has 0 aliphatic carbocycles. The maximum atomic E-state index is 13.0. The van der Waals surface area contributed by atoms with E-state index in [9.17, 15) is 4.79 Å². The number of benzene rings is 2. The third-order valence-corrected chi connectivity index (χ3v) is 4.62. The van der Waals surface area contributed by atoms with Gasteiger partial charge in [-0.1, -0.05) is 36.4 Å². The van der Waals surface area contributed by atoms with E-state index >= 15 is 0 Å². The van der Waals surface area contributed by atoms with E-state index in [2.05, 4.69) is 5.32 Å². The van der Waals surface area contributed by atoms with E-state index in [0.29, 0.717) is 17.1 Å². The number of para-hydroxylation sites is 1. The van der Waals surface area contributed by atoms with Gasteiger partial charge in [-0.3, -0.25) is 0 Å². The molecule has 5 heteroatoms. The van der Waals surface area contributed by atoms with Crippen molar-refractivity contribution >= 4 is 5.97 Å². The van der Waals surface area contributed by atoms with Gasteiger partial charge in [-0.25, -0.2) is 4.79 Å². The molecule has 0 saturated carbocycles. The minimum Gasteiger partial charge on any atom is -0.493 e. The topological polar surface area (TPSA) is 56.8 Å². The molecule has 1 N–H and O–H groups in total. The number of nitrogens with one attached hydrogen (secondary N) is 1. The molecule has 5 nitrogen and oxygen atoms in total. The van der Waals surface area contributed by atoms with Crippen molar-refractivity contribution in [2.24, 2.45) is 0 Å². The van der Waals surface area contributed by atoms with E-state index in [0.717, 1.165) is 31.5 Å². The molecule has 25 heavy (non-hydrogen) atoms. The summed E-state index contributed by atoms with van der Waals surface area (Å²) in [6.07, 6.45) is 1.46. The van der Waals surface area contributed by atoms with Gasteiger partial charge in [0.1, 0.15) is 11.2 Å². The SMILES string of the molecule is COc1cccc(C(=O)OC2(c3ccccc3)CCNCC2)c1OC. The Balaban J connectivity index is 1.94. The lowest BCUT2D eigenvalue weighted by Crippen LogP contribution is -2.43. The van der Waals surface area contributed by atoms with E-state index in [1.54, 1.807) is 25.3 Å². The normalized spacial score (nSPS) is 16.1. The molecule has 2 aromatic rings. The Morgan fingerprint density at radius 3 is 2.32 bits per heavy atom. The lowest BCUT2D eigenvalue weighted by atomic mass is 9.84. The number of carbonyl (C=O) groups is 1. The van der Waals surface area contributed by atoms with Gasteiger partial charge in [-0.2, -0.15) is 0 Å². The monoisotopic (exact) mass is 341 g/mol. The van der Waals surface area contributed by atoms with Crippen molar-refractivity contribution in [3.8, 4) is 11.5 Å². The predicted molar refractivity (Wildman–Crippen MR) is 95.2 cm³/mol. The number of hydrogen-bond acceptors (Lipinski definition) is 5. The van der Waals surface area contributed by atoms with Gasteiger partial charge in [0.05, 0.1) is 14.2 Å². The average molecular weight is 341 g/mol. The van der Waals surface area contributed by atoms with Gasteiger partial charge in [-0.05, 0) is 30.8 Å². The molecule has 3 rings (SSSR count). The van der Waals surface area contributed by atoms with Gasteiger partial charge in [0.2, 0.25) is 0 Å².